The van der Waals surface area contributed by atoms with Crippen molar-refractivity contribution in [2.45, 2.75) is 6.54 Å². The number of thiazole rings is 1. The van der Waals surface area contributed by atoms with E-state index >= 15 is 0 Å². The third-order valence-electron chi connectivity index (χ3n) is 3.94. The minimum atomic E-state index is -0.494. The number of carbonyl (C=O) groups excluding carboxylic acids is 2. The first-order valence-corrected chi connectivity index (χ1v) is 8.70. The summed E-state index contributed by atoms with van der Waals surface area (Å²) in [6.45, 7) is -0.0211. The molecule has 0 unspecified atom stereocenters. The predicted octanol–water partition coefficient (Wildman–Crippen LogP) is 3.36. The summed E-state index contributed by atoms with van der Waals surface area (Å²) in [7, 11) is 1.33. The van der Waals surface area contributed by atoms with E-state index in [0.717, 1.165) is 15.6 Å². The molecule has 0 atom stereocenters. The fraction of sp³-hybridized carbons (Fsp3) is 0.105. The second-order valence-electron chi connectivity index (χ2n) is 5.58. The van der Waals surface area contributed by atoms with Crippen LogP contribution in [0.15, 0.2) is 64.0 Å². The van der Waals surface area contributed by atoms with E-state index in [1.54, 1.807) is 16.7 Å². The number of fused-ring (bicyclic) bond motifs is 2. The van der Waals surface area contributed by atoms with Gasteiger partial charge in [0.1, 0.15) is 12.1 Å². The summed E-state index contributed by atoms with van der Waals surface area (Å²) in [5.41, 5.74) is 1.45. The van der Waals surface area contributed by atoms with Gasteiger partial charge in [-0.25, -0.2) is 0 Å². The molecule has 0 bridgehead atoms. The predicted molar refractivity (Wildman–Crippen MR) is 97.9 cm³/mol. The van der Waals surface area contributed by atoms with Crippen LogP contribution in [0, 0.1) is 0 Å². The second-order valence-corrected chi connectivity index (χ2v) is 6.59. The lowest BCUT2D eigenvalue weighted by Crippen LogP contribution is -2.22. The van der Waals surface area contributed by atoms with Gasteiger partial charge >= 0.3 is 11.9 Å². The maximum absolute atomic E-state index is 12.6. The highest BCUT2D eigenvalue weighted by Gasteiger charge is 2.14. The van der Waals surface area contributed by atoms with Gasteiger partial charge in [0.15, 0.2) is 10.6 Å². The largest absolute Gasteiger partial charge is 0.468 e. The Hall–Kier alpha value is -3.19. The van der Waals surface area contributed by atoms with Gasteiger partial charge in [0.05, 0.1) is 17.3 Å². The van der Waals surface area contributed by atoms with Gasteiger partial charge in [-0.15, -0.1) is 0 Å². The van der Waals surface area contributed by atoms with Crippen molar-refractivity contribution in [1.82, 2.24) is 4.57 Å². The number of esters is 1. The Kier molecular flexibility index (Phi) is 4.14. The van der Waals surface area contributed by atoms with E-state index in [-0.39, 0.29) is 12.3 Å². The molecule has 4 rings (SSSR count). The first-order chi connectivity index (χ1) is 12.7. The van der Waals surface area contributed by atoms with Gasteiger partial charge in [-0.05, 0) is 24.3 Å². The highest BCUT2D eigenvalue weighted by molar-refractivity contribution is 7.16. The molecule has 0 N–H and O–H groups in total. The average Bonchev–Trinajstić information content (AvgIpc) is 3.23. The van der Waals surface area contributed by atoms with Crippen LogP contribution in [0.25, 0.3) is 21.2 Å². The minimum Gasteiger partial charge on any atom is -0.468 e. The molecule has 0 aliphatic carbocycles. The second kappa shape index (κ2) is 6.61. The maximum Gasteiger partial charge on any atom is 0.325 e. The molecule has 0 fully saturated rings. The molecule has 6 nitrogen and oxygen atoms in total. The molecule has 0 aliphatic rings. The molecular weight excluding hydrogens is 352 g/mol. The van der Waals surface area contributed by atoms with E-state index in [2.05, 4.69) is 4.99 Å². The average molecular weight is 366 g/mol. The van der Waals surface area contributed by atoms with Crippen molar-refractivity contribution in [2.75, 3.05) is 7.11 Å². The molecule has 0 radical (unpaired) electrons. The first kappa shape index (κ1) is 16.3. The Morgan fingerprint density at radius 3 is 2.73 bits per heavy atom. The smallest absolute Gasteiger partial charge is 0.325 e. The van der Waals surface area contributed by atoms with Gasteiger partial charge in [0.25, 0.3) is 0 Å². The van der Waals surface area contributed by atoms with Crippen molar-refractivity contribution < 1.29 is 18.7 Å². The van der Waals surface area contributed by atoms with Crippen molar-refractivity contribution in [3.8, 4) is 0 Å². The van der Waals surface area contributed by atoms with E-state index < -0.39 is 11.9 Å². The number of methoxy groups -OCH3 is 1. The van der Waals surface area contributed by atoms with Crippen LogP contribution >= 0.6 is 11.3 Å². The summed E-state index contributed by atoms with van der Waals surface area (Å²) < 4.78 is 12.9. The molecule has 1 amide bonds. The van der Waals surface area contributed by atoms with Gasteiger partial charge in [-0.1, -0.05) is 41.7 Å². The van der Waals surface area contributed by atoms with Crippen LogP contribution in [0.1, 0.15) is 10.6 Å². The Balaban J connectivity index is 1.82. The van der Waals surface area contributed by atoms with E-state index in [1.165, 1.54) is 18.4 Å². The summed E-state index contributed by atoms with van der Waals surface area (Å²) in [6.07, 6.45) is 0. The van der Waals surface area contributed by atoms with Crippen LogP contribution in [-0.2, 0) is 16.1 Å². The number of para-hydroxylation sites is 2. The number of amides is 1. The highest BCUT2D eigenvalue weighted by Crippen LogP contribution is 2.20. The lowest BCUT2D eigenvalue weighted by Gasteiger charge is -2.03. The standard InChI is InChI=1S/C19H14N2O4S/c1-24-17(22)11-21-13-7-3-5-9-16(13)26-19(21)20-18(23)15-10-12-6-2-4-8-14(12)25-15/h2-10H,11H2,1H3. The quantitative estimate of drug-likeness (QED) is 0.521. The summed E-state index contributed by atoms with van der Waals surface area (Å²) in [4.78, 5) is 29.0. The number of ether oxygens (including phenoxy) is 1. The van der Waals surface area contributed by atoms with E-state index in [9.17, 15) is 9.59 Å². The van der Waals surface area contributed by atoms with Crippen molar-refractivity contribution in [1.29, 1.82) is 0 Å². The molecule has 4 aromatic rings. The van der Waals surface area contributed by atoms with Crippen molar-refractivity contribution in [3.05, 3.63) is 65.2 Å². The van der Waals surface area contributed by atoms with E-state index in [0.29, 0.717) is 10.4 Å². The van der Waals surface area contributed by atoms with E-state index in [4.69, 9.17) is 9.15 Å². The SMILES string of the molecule is COC(=O)Cn1c(=NC(=O)c2cc3ccccc3o2)sc2ccccc21. The van der Waals surface area contributed by atoms with Gasteiger partial charge in [0.2, 0.25) is 0 Å². The molecule has 26 heavy (non-hydrogen) atoms. The maximum atomic E-state index is 12.6. The zero-order valence-corrected chi connectivity index (χ0v) is 14.7. The minimum absolute atomic E-state index is 0.0211. The van der Waals surface area contributed by atoms with Crippen molar-refractivity contribution >= 4 is 44.4 Å². The highest BCUT2D eigenvalue weighted by atomic mass is 32.1. The first-order valence-electron chi connectivity index (χ1n) is 7.88. The van der Waals surface area contributed by atoms with Crippen molar-refractivity contribution in [2.24, 2.45) is 4.99 Å². The molecule has 7 heteroatoms. The van der Waals surface area contributed by atoms with Crippen LogP contribution in [0.3, 0.4) is 0 Å². The number of furan rings is 1. The molecular formula is C19H14N2O4S. The van der Waals surface area contributed by atoms with Gasteiger partial charge < -0.3 is 13.7 Å². The van der Waals surface area contributed by atoms with Gasteiger partial charge in [-0.2, -0.15) is 4.99 Å². The Morgan fingerprint density at radius 1 is 1.15 bits per heavy atom. The Morgan fingerprint density at radius 2 is 1.92 bits per heavy atom. The molecule has 0 aliphatic heterocycles. The molecule has 2 heterocycles. The lowest BCUT2D eigenvalue weighted by molar-refractivity contribution is -0.141. The van der Waals surface area contributed by atoms with Crippen LogP contribution in [0.4, 0.5) is 0 Å². The third-order valence-corrected chi connectivity index (χ3v) is 5.00. The molecule has 0 saturated carbocycles. The third kappa shape index (κ3) is 2.93. The van der Waals surface area contributed by atoms with Gasteiger partial charge in [-0.3, -0.25) is 9.59 Å². The number of hydrogen-bond acceptors (Lipinski definition) is 5. The Bertz CT molecular complexity index is 1170. The molecule has 130 valence electrons. The number of aromatic nitrogens is 1. The fourth-order valence-electron chi connectivity index (χ4n) is 2.68. The van der Waals surface area contributed by atoms with Crippen molar-refractivity contribution in [3.63, 3.8) is 0 Å². The Labute approximate surface area is 152 Å². The molecule has 0 spiro atoms. The molecule has 0 saturated heterocycles. The monoisotopic (exact) mass is 366 g/mol. The topological polar surface area (TPSA) is 73.8 Å². The number of rotatable bonds is 3. The summed E-state index contributed by atoms with van der Waals surface area (Å²) in [5.74, 6) is -0.745. The van der Waals surface area contributed by atoms with Gasteiger partial charge in [0, 0.05) is 5.39 Å². The summed E-state index contributed by atoms with van der Waals surface area (Å²) in [5, 5.41) is 0.838. The number of benzene rings is 2. The summed E-state index contributed by atoms with van der Waals surface area (Å²) in [6, 6.07) is 16.6. The van der Waals surface area contributed by atoms with E-state index in [1.807, 2.05) is 42.5 Å². The van der Waals surface area contributed by atoms with Crippen LogP contribution in [-0.4, -0.2) is 23.6 Å². The molecule has 2 aromatic carbocycles. The molecule has 2 aromatic heterocycles. The zero-order valence-electron chi connectivity index (χ0n) is 13.8. The van der Waals surface area contributed by atoms with Crippen LogP contribution in [0.5, 0.6) is 0 Å². The lowest BCUT2D eigenvalue weighted by atomic mass is 10.2. The zero-order chi connectivity index (χ0) is 18.1. The van der Waals surface area contributed by atoms with Crippen LogP contribution < -0.4 is 4.80 Å². The normalized spacial score (nSPS) is 12.0. The number of carbonyl (C=O) groups is 2. The summed E-state index contributed by atoms with van der Waals surface area (Å²) >= 11 is 1.33. The van der Waals surface area contributed by atoms with Crippen LogP contribution in [0.2, 0.25) is 0 Å². The number of nitrogens with zero attached hydrogens (tertiary/aromatic N) is 2. The fourth-order valence-corrected chi connectivity index (χ4v) is 3.71. The number of hydrogen-bond donors (Lipinski definition) is 0.